The third-order valence-corrected chi connectivity index (χ3v) is 4.95. The van der Waals surface area contributed by atoms with Crippen LogP contribution < -0.4 is 20.3 Å². The van der Waals surface area contributed by atoms with Crippen molar-refractivity contribution in [3.8, 4) is 5.75 Å². The quantitative estimate of drug-likeness (QED) is 0.745. The Kier molecular flexibility index (Phi) is 6.75. The van der Waals surface area contributed by atoms with Crippen molar-refractivity contribution < 1.29 is 14.3 Å². The molecule has 3 rings (SSSR count). The van der Waals surface area contributed by atoms with Crippen LogP contribution in [0, 0.1) is 5.92 Å². The van der Waals surface area contributed by atoms with Crippen LogP contribution in [0.1, 0.15) is 47.4 Å². The summed E-state index contributed by atoms with van der Waals surface area (Å²) in [4.78, 5) is 27.7. The van der Waals surface area contributed by atoms with Gasteiger partial charge >= 0.3 is 0 Å². The smallest absolute Gasteiger partial charge is 0.255 e. The second-order valence-corrected chi connectivity index (χ2v) is 7.72. The van der Waals surface area contributed by atoms with Crippen molar-refractivity contribution in [2.75, 3.05) is 37.0 Å². The molecule has 1 heterocycles. The minimum atomic E-state index is -0.244. The highest BCUT2D eigenvalue weighted by Gasteiger charge is 2.20. The highest BCUT2D eigenvalue weighted by Crippen LogP contribution is 2.28. The van der Waals surface area contributed by atoms with Gasteiger partial charge in [-0.25, -0.2) is 0 Å². The average molecular weight is 396 g/mol. The predicted octanol–water partition coefficient (Wildman–Crippen LogP) is 3.93. The summed E-state index contributed by atoms with van der Waals surface area (Å²) in [6.07, 6.45) is 2.25. The largest absolute Gasteiger partial charge is 0.497 e. The summed E-state index contributed by atoms with van der Waals surface area (Å²) in [5.74, 6) is 0.630. The minimum absolute atomic E-state index is 0.113. The molecular weight excluding hydrogens is 366 g/mol. The standard InChI is InChI=1S/C23H29N3O3/c1-16(2)15-24-23(28)20-14-18(9-10-21(20)26-11-4-5-12-26)25-22(27)17-7-6-8-19(13-17)29-3/h6-10,13-14,16H,4-5,11-12,15H2,1-3H3,(H,24,28)(H,25,27). The third kappa shape index (κ3) is 5.28. The van der Waals surface area contributed by atoms with Gasteiger partial charge in [0, 0.05) is 36.6 Å². The Morgan fingerprint density at radius 3 is 2.52 bits per heavy atom. The van der Waals surface area contributed by atoms with Gasteiger partial charge in [0.05, 0.1) is 12.7 Å². The van der Waals surface area contributed by atoms with Crippen LogP contribution in [0.2, 0.25) is 0 Å². The monoisotopic (exact) mass is 395 g/mol. The minimum Gasteiger partial charge on any atom is -0.497 e. The Labute approximate surface area is 172 Å². The van der Waals surface area contributed by atoms with Gasteiger partial charge in [-0.05, 0) is 55.2 Å². The average Bonchev–Trinajstić information content (AvgIpc) is 3.26. The third-order valence-electron chi connectivity index (χ3n) is 4.95. The molecule has 0 spiro atoms. The lowest BCUT2D eigenvalue weighted by molar-refractivity contribution is 0.0948. The Morgan fingerprint density at radius 2 is 1.83 bits per heavy atom. The van der Waals surface area contributed by atoms with E-state index in [0.717, 1.165) is 31.6 Å². The van der Waals surface area contributed by atoms with E-state index in [0.29, 0.717) is 35.0 Å². The summed E-state index contributed by atoms with van der Waals surface area (Å²) in [7, 11) is 1.57. The number of ether oxygens (including phenoxy) is 1. The first kappa shape index (κ1) is 20.7. The van der Waals surface area contributed by atoms with E-state index in [1.165, 1.54) is 0 Å². The van der Waals surface area contributed by atoms with E-state index >= 15 is 0 Å². The maximum atomic E-state index is 12.9. The molecule has 0 saturated carbocycles. The molecule has 1 aliphatic heterocycles. The highest BCUT2D eigenvalue weighted by atomic mass is 16.5. The predicted molar refractivity (Wildman–Crippen MR) is 116 cm³/mol. The van der Waals surface area contributed by atoms with Gasteiger partial charge in [-0.1, -0.05) is 19.9 Å². The molecule has 2 aromatic rings. The molecule has 2 aromatic carbocycles. The molecule has 29 heavy (non-hydrogen) atoms. The van der Waals surface area contributed by atoms with Crippen molar-refractivity contribution in [1.29, 1.82) is 0 Å². The van der Waals surface area contributed by atoms with Crippen LogP contribution >= 0.6 is 0 Å². The molecule has 1 fully saturated rings. The first-order valence-electron chi connectivity index (χ1n) is 10.1. The van der Waals surface area contributed by atoms with Crippen LogP contribution in [0.3, 0.4) is 0 Å². The SMILES string of the molecule is COc1cccc(C(=O)Nc2ccc(N3CCCC3)c(C(=O)NCC(C)C)c2)c1. The second-order valence-electron chi connectivity index (χ2n) is 7.72. The molecule has 1 aliphatic rings. The summed E-state index contributed by atoms with van der Waals surface area (Å²) >= 11 is 0. The number of methoxy groups -OCH3 is 1. The van der Waals surface area contributed by atoms with Crippen molar-refractivity contribution in [2.45, 2.75) is 26.7 Å². The number of carbonyl (C=O) groups excluding carboxylic acids is 2. The summed E-state index contributed by atoms with van der Waals surface area (Å²) in [6, 6.07) is 12.5. The Bertz CT molecular complexity index is 873. The fraction of sp³-hybridized carbons (Fsp3) is 0.391. The van der Waals surface area contributed by atoms with Crippen LogP contribution in [0.4, 0.5) is 11.4 Å². The number of anilines is 2. The zero-order valence-corrected chi connectivity index (χ0v) is 17.3. The van der Waals surface area contributed by atoms with E-state index in [1.54, 1.807) is 37.4 Å². The van der Waals surface area contributed by atoms with Crippen LogP contribution in [0.5, 0.6) is 5.75 Å². The lowest BCUT2D eigenvalue weighted by Crippen LogP contribution is -2.30. The van der Waals surface area contributed by atoms with Crippen LogP contribution in [-0.4, -0.2) is 38.6 Å². The van der Waals surface area contributed by atoms with E-state index < -0.39 is 0 Å². The van der Waals surface area contributed by atoms with E-state index in [1.807, 2.05) is 12.1 Å². The van der Waals surface area contributed by atoms with Crippen molar-refractivity contribution in [2.24, 2.45) is 5.92 Å². The van der Waals surface area contributed by atoms with Crippen LogP contribution in [-0.2, 0) is 0 Å². The number of hydrogen-bond acceptors (Lipinski definition) is 4. The molecule has 6 heteroatoms. The maximum absolute atomic E-state index is 12.9. The van der Waals surface area contributed by atoms with Crippen molar-refractivity contribution >= 4 is 23.2 Å². The van der Waals surface area contributed by atoms with E-state index in [9.17, 15) is 9.59 Å². The fourth-order valence-corrected chi connectivity index (χ4v) is 3.39. The second kappa shape index (κ2) is 9.45. The molecule has 0 aliphatic carbocycles. The van der Waals surface area contributed by atoms with Gasteiger partial charge in [0.1, 0.15) is 5.75 Å². The van der Waals surface area contributed by atoms with Gasteiger partial charge in [-0.3, -0.25) is 9.59 Å². The van der Waals surface area contributed by atoms with E-state index in [4.69, 9.17) is 4.74 Å². The van der Waals surface area contributed by atoms with E-state index in [-0.39, 0.29) is 11.8 Å². The molecule has 1 saturated heterocycles. The first-order valence-corrected chi connectivity index (χ1v) is 10.1. The van der Waals surface area contributed by atoms with E-state index in [2.05, 4.69) is 29.4 Å². The van der Waals surface area contributed by atoms with Crippen molar-refractivity contribution in [3.05, 3.63) is 53.6 Å². The van der Waals surface area contributed by atoms with Crippen molar-refractivity contribution in [1.82, 2.24) is 5.32 Å². The molecular formula is C23H29N3O3. The molecule has 2 N–H and O–H groups in total. The Hall–Kier alpha value is -3.02. The van der Waals surface area contributed by atoms with Crippen LogP contribution in [0.25, 0.3) is 0 Å². The normalized spacial score (nSPS) is 13.4. The summed E-state index contributed by atoms with van der Waals surface area (Å²) < 4.78 is 5.19. The number of amides is 2. The zero-order valence-electron chi connectivity index (χ0n) is 17.3. The lowest BCUT2D eigenvalue weighted by Gasteiger charge is -2.22. The number of hydrogen-bond donors (Lipinski definition) is 2. The molecule has 154 valence electrons. The topological polar surface area (TPSA) is 70.7 Å². The summed E-state index contributed by atoms with van der Waals surface area (Å²) in [5, 5.41) is 5.89. The maximum Gasteiger partial charge on any atom is 0.255 e. The van der Waals surface area contributed by atoms with Gasteiger partial charge < -0.3 is 20.3 Å². The molecule has 0 aromatic heterocycles. The highest BCUT2D eigenvalue weighted by molar-refractivity contribution is 6.06. The molecule has 0 atom stereocenters. The number of nitrogens with one attached hydrogen (secondary N) is 2. The Balaban J connectivity index is 1.84. The van der Waals surface area contributed by atoms with Gasteiger partial charge in [0.2, 0.25) is 0 Å². The molecule has 0 radical (unpaired) electrons. The fourth-order valence-electron chi connectivity index (χ4n) is 3.39. The summed E-state index contributed by atoms with van der Waals surface area (Å²) in [5.41, 5.74) is 2.60. The number of nitrogens with zero attached hydrogens (tertiary/aromatic N) is 1. The van der Waals surface area contributed by atoms with Crippen LogP contribution in [0.15, 0.2) is 42.5 Å². The van der Waals surface area contributed by atoms with Gasteiger partial charge in [-0.15, -0.1) is 0 Å². The van der Waals surface area contributed by atoms with Gasteiger partial charge in [0.25, 0.3) is 11.8 Å². The first-order chi connectivity index (χ1) is 14.0. The molecule has 2 amide bonds. The van der Waals surface area contributed by atoms with Gasteiger partial charge in [0.15, 0.2) is 0 Å². The number of benzene rings is 2. The molecule has 0 unspecified atom stereocenters. The van der Waals surface area contributed by atoms with Gasteiger partial charge in [-0.2, -0.15) is 0 Å². The zero-order chi connectivity index (χ0) is 20.8. The Morgan fingerprint density at radius 1 is 1.07 bits per heavy atom. The molecule has 0 bridgehead atoms. The summed E-state index contributed by atoms with van der Waals surface area (Å²) in [6.45, 7) is 6.62. The van der Waals surface area contributed by atoms with Crippen molar-refractivity contribution in [3.63, 3.8) is 0 Å². The lowest BCUT2D eigenvalue weighted by atomic mass is 10.1. The number of carbonyl (C=O) groups is 2. The number of rotatable bonds is 7. The molecule has 6 nitrogen and oxygen atoms in total.